The van der Waals surface area contributed by atoms with Gasteiger partial charge in [0.2, 0.25) is 5.91 Å². The molecular formula is C15H20N4O. The molecule has 2 aromatic heterocycles. The van der Waals surface area contributed by atoms with Gasteiger partial charge >= 0.3 is 0 Å². The van der Waals surface area contributed by atoms with Crippen molar-refractivity contribution in [2.24, 2.45) is 5.92 Å². The second-order valence-electron chi connectivity index (χ2n) is 5.53. The zero-order chi connectivity index (χ0) is 13.9. The third-order valence-electron chi connectivity index (χ3n) is 4.02. The zero-order valence-electron chi connectivity index (χ0n) is 11.6. The third-order valence-corrected chi connectivity index (χ3v) is 4.02. The van der Waals surface area contributed by atoms with Crippen molar-refractivity contribution in [3.8, 4) is 0 Å². The van der Waals surface area contributed by atoms with Gasteiger partial charge in [0.05, 0.1) is 6.42 Å². The highest BCUT2D eigenvalue weighted by atomic mass is 16.1. The van der Waals surface area contributed by atoms with E-state index in [1.54, 1.807) is 6.20 Å². The van der Waals surface area contributed by atoms with Crippen molar-refractivity contribution in [3.05, 3.63) is 30.1 Å². The second kappa shape index (κ2) is 5.63. The topological polar surface area (TPSA) is 69.8 Å². The summed E-state index contributed by atoms with van der Waals surface area (Å²) in [5, 5.41) is 7.53. The lowest BCUT2D eigenvalue weighted by atomic mass is 9.95. The van der Waals surface area contributed by atoms with Crippen LogP contribution in [0, 0.1) is 5.92 Å². The molecule has 0 spiro atoms. The fraction of sp³-hybridized carbons (Fsp3) is 0.467. The normalized spacial score (nSPS) is 22.9. The molecule has 106 valence electrons. The van der Waals surface area contributed by atoms with Crippen LogP contribution in [0.5, 0.6) is 0 Å². The zero-order valence-corrected chi connectivity index (χ0v) is 11.6. The van der Waals surface area contributed by atoms with E-state index in [0.717, 1.165) is 36.1 Å². The van der Waals surface area contributed by atoms with Gasteiger partial charge in [0, 0.05) is 23.8 Å². The fourth-order valence-corrected chi connectivity index (χ4v) is 2.82. The summed E-state index contributed by atoms with van der Waals surface area (Å²) in [6, 6.07) is 4.17. The summed E-state index contributed by atoms with van der Waals surface area (Å²) >= 11 is 0. The molecule has 2 atom stereocenters. The number of nitrogens with one attached hydrogen (secondary N) is 3. The first-order chi connectivity index (χ1) is 9.74. The first-order valence-electron chi connectivity index (χ1n) is 7.15. The Bertz CT molecular complexity index is 607. The SMILES string of the molecule is CC1CNCCC1NC(=O)Cc1c[nH]c2ncccc12. The van der Waals surface area contributed by atoms with Crippen molar-refractivity contribution >= 4 is 16.9 Å². The van der Waals surface area contributed by atoms with Gasteiger partial charge in [-0.05, 0) is 43.1 Å². The van der Waals surface area contributed by atoms with Crippen LogP contribution in [0.3, 0.4) is 0 Å². The number of carbonyl (C=O) groups is 1. The van der Waals surface area contributed by atoms with E-state index in [-0.39, 0.29) is 11.9 Å². The number of rotatable bonds is 3. The minimum Gasteiger partial charge on any atom is -0.353 e. The summed E-state index contributed by atoms with van der Waals surface area (Å²) in [5.41, 5.74) is 1.85. The van der Waals surface area contributed by atoms with Gasteiger partial charge in [0.15, 0.2) is 0 Å². The van der Waals surface area contributed by atoms with Crippen LogP contribution in [-0.2, 0) is 11.2 Å². The average Bonchev–Trinajstić information content (AvgIpc) is 2.85. The van der Waals surface area contributed by atoms with Gasteiger partial charge in [0.25, 0.3) is 0 Å². The lowest BCUT2D eigenvalue weighted by molar-refractivity contribution is -0.121. The monoisotopic (exact) mass is 272 g/mol. The van der Waals surface area contributed by atoms with Crippen LogP contribution in [0.25, 0.3) is 11.0 Å². The van der Waals surface area contributed by atoms with E-state index in [0.29, 0.717) is 12.3 Å². The molecule has 2 unspecified atom stereocenters. The Morgan fingerprint density at radius 2 is 2.45 bits per heavy atom. The molecule has 2 aromatic rings. The molecule has 3 rings (SSSR count). The van der Waals surface area contributed by atoms with Crippen molar-refractivity contribution in [2.45, 2.75) is 25.8 Å². The van der Waals surface area contributed by atoms with Gasteiger partial charge in [0.1, 0.15) is 5.65 Å². The number of carbonyl (C=O) groups excluding carboxylic acids is 1. The summed E-state index contributed by atoms with van der Waals surface area (Å²) in [5.74, 6) is 0.575. The molecule has 3 heterocycles. The summed E-state index contributed by atoms with van der Waals surface area (Å²) in [4.78, 5) is 19.5. The van der Waals surface area contributed by atoms with E-state index >= 15 is 0 Å². The molecule has 5 nitrogen and oxygen atoms in total. The maximum atomic E-state index is 12.2. The van der Waals surface area contributed by atoms with Gasteiger partial charge in [-0.1, -0.05) is 6.92 Å². The van der Waals surface area contributed by atoms with Crippen LogP contribution in [0.15, 0.2) is 24.5 Å². The molecule has 0 bridgehead atoms. The number of pyridine rings is 1. The number of fused-ring (bicyclic) bond motifs is 1. The van der Waals surface area contributed by atoms with Crippen molar-refractivity contribution < 1.29 is 4.79 Å². The number of nitrogens with zero attached hydrogens (tertiary/aromatic N) is 1. The molecule has 0 aliphatic carbocycles. The van der Waals surface area contributed by atoms with Gasteiger partial charge in [-0.2, -0.15) is 0 Å². The maximum absolute atomic E-state index is 12.2. The Hall–Kier alpha value is -1.88. The first-order valence-corrected chi connectivity index (χ1v) is 7.15. The largest absolute Gasteiger partial charge is 0.353 e. The molecule has 1 aliphatic heterocycles. The lowest BCUT2D eigenvalue weighted by Crippen LogP contribution is -2.48. The standard InChI is InChI=1S/C15H20N4O/c1-10-8-16-6-4-13(10)19-14(20)7-11-9-18-15-12(11)3-2-5-17-15/h2-3,5,9-10,13,16H,4,6-8H2,1H3,(H,17,18)(H,19,20). The van der Waals surface area contributed by atoms with Crippen LogP contribution < -0.4 is 10.6 Å². The Labute approximate surface area is 118 Å². The number of hydrogen-bond donors (Lipinski definition) is 3. The van der Waals surface area contributed by atoms with Crippen molar-refractivity contribution in [1.82, 2.24) is 20.6 Å². The molecule has 1 fully saturated rings. The van der Waals surface area contributed by atoms with Gasteiger partial charge in [-0.25, -0.2) is 4.98 Å². The van der Waals surface area contributed by atoms with Crippen LogP contribution in [0.1, 0.15) is 18.9 Å². The van der Waals surface area contributed by atoms with Gasteiger partial charge < -0.3 is 15.6 Å². The van der Waals surface area contributed by atoms with Crippen LogP contribution in [0.2, 0.25) is 0 Å². The number of hydrogen-bond acceptors (Lipinski definition) is 3. The van der Waals surface area contributed by atoms with E-state index in [1.807, 2.05) is 18.3 Å². The minimum atomic E-state index is 0.0912. The fourth-order valence-electron chi connectivity index (χ4n) is 2.82. The number of amides is 1. The molecule has 3 N–H and O–H groups in total. The average molecular weight is 272 g/mol. The number of aromatic nitrogens is 2. The maximum Gasteiger partial charge on any atom is 0.224 e. The number of aromatic amines is 1. The first kappa shape index (κ1) is 13.1. The Kier molecular flexibility index (Phi) is 3.69. The molecule has 5 heteroatoms. The van der Waals surface area contributed by atoms with E-state index < -0.39 is 0 Å². The molecule has 1 aliphatic rings. The Morgan fingerprint density at radius 1 is 1.55 bits per heavy atom. The Morgan fingerprint density at radius 3 is 3.30 bits per heavy atom. The molecule has 0 radical (unpaired) electrons. The van der Waals surface area contributed by atoms with Crippen LogP contribution >= 0.6 is 0 Å². The highest BCUT2D eigenvalue weighted by molar-refractivity contribution is 5.87. The quantitative estimate of drug-likeness (QED) is 0.787. The summed E-state index contributed by atoms with van der Waals surface area (Å²) in [7, 11) is 0. The van der Waals surface area contributed by atoms with Crippen LogP contribution in [-0.4, -0.2) is 35.0 Å². The van der Waals surface area contributed by atoms with Crippen LogP contribution in [0.4, 0.5) is 0 Å². The minimum absolute atomic E-state index is 0.0912. The lowest BCUT2D eigenvalue weighted by Gasteiger charge is -2.30. The predicted molar refractivity (Wildman–Crippen MR) is 78.4 cm³/mol. The summed E-state index contributed by atoms with van der Waals surface area (Å²) < 4.78 is 0. The molecule has 1 amide bonds. The third kappa shape index (κ3) is 2.67. The van der Waals surface area contributed by atoms with E-state index in [2.05, 4.69) is 27.5 Å². The van der Waals surface area contributed by atoms with E-state index in [4.69, 9.17) is 0 Å². The predicted octanol–water partition coefficient (Wildman–Crippen LogP) is 1.22. The molecule has 1 saturated heterocycles. The smallest absolute Gasteiger partial charge is 0.224 e. The summed E-state index contributed by atoms with van der Waals surface area (Å²) in [6.07, 6.45) is 5.03. The van der Waals surface area contributed by atoms with Crippen molar-refractivity contribution in [1.29, 1.82) is 0 Å². The van der Waals surface area contributed by atoms with Crippen molar-refractivity contribution in [3.63, 3.8) is 0 Å². The van der Waals surface area contributed by atoms with Gasteiger partial charge in [-0.3, -0.25) is 4.79 Å². The molecule has 20 heavy (non-hydrogen) atoms. The van der Waals surface area contributed by atoms with E-state index in [1.165, 1.54) is 0 Å². The second-order valence-corrected chi connectivity index (χ2v) is 5.53. The number of H-pyrrole nitrogens is 1. The number of piperidine rings is 1. The van der Waals surface area contributed by atoms with E-state index in [9.17, 15) is 4.79 Å². The molecule has 0 aromatic carbocycles. The summed E-state index contributed by atoms with van der Waals surface area (Å²) in [6.45, 7) is 4.13. The van der Waals surface area contributed by atoms with Crippen molar-refractivity contribution in [2.75, 3.05) is 13.1 Å². The molecular weight excluding hydrogens is 252 g/mol. The highest BCUT2D eigenvalue weighted by Crippen LogP contribution is 2.16. The molecule has 0 saturated carbocycles. The Balaban J connectivity index is 1.66. The van der Waals surface area contributed by atoms with Gasteiger partial charge in [-0.15, -0.1) is 0 Å². The highest BCUT2D eigenvalue weighted by Gasteiger charge is 2.22.